The van der Waals surface area contributed by atoms with Gasteiger partial charge in [-0.25, -0.2) is 4.98 Å². The van der Waals surface area contributed by atoms with Crippen LogP contribution in [0.2, 0.25) is 0 Å². The highest BCUT2D eigenvalue weighted by molar-refractivity contribution is 5.43. The number of hydrogen-bond acceptors (Lipinski definition) is 4. The predicted molar refractivity (Wildman–Crippen MR) is 55.5 cm³/mol. The van der Waals surface area contributed by atoms with Crippen LogP contribution in [0.5, 0.6) is 0 Å². The molecule has 1 heterocycles. The molecule has 0 fully saturated rings. The Morgan fingerprint density at radius 1 is 1.47 bits per heavy atom. The van der Waals surface area contributed by atoms with Crippen LogP contribution in [0.4, 0.5) is 5.95 Å². The van der Waals surface area contributed by atoms with E-state index in [1.807, 2.05) is 12.1 Å². The van der Waals surface area contributed by atoms with E-state index in [1.54, 1.807) is 4.57 Å². The van der Waals surface area contributed by atoms with Gasteiger partial charge in [0.05, 0.1) is 0 Å². The lowest BCUT2D eigenvalue weighted by Crippen LogP contribution is -2.11. The lowest BCUT2D eigenvalue weighted by molar-refractivity contribution is 0.470. The molecule has 0 aliphatic rings. The van der Waals surface area contributed by atoms with Gasteiger partial charge in [-0.05, 0) is 5.92 Å². The molecule has 0 amide bonds. The Bertz CT molecular complexity index is 432. The first-order chi connectivity index (χ1) is 7.13. The predicted octanol–water partition coefficient (Wildman–Crippen LogP) is 1.25. The van der Waals surface area contributed by atoms with Crippen molar-refractivity contribution in [3.8, 4) is 12.1 Å². The van der Waals surface area contributed by atoms with Crippen molar-refractivity contribution < 1.29 is 0 Å². The first kappa shape index (κ1) is 11.1. The van der Waals surface area contributed by atoms with Crippen LogP contribution in [0.1, 0.15) is 31.7 Å². The van der Waals surface area contributed by atoms with Gasteiger partial charge in [0.15, 0.2) is 11.4 Å². The molecule has 1 rings (SSSR count). The Kier molecular flexibility index (Phi) is 3.30. The SMILES string of the molecule is CCC(C)Cn1c(N)nc(C#N)c1C#N. The summed E-state index contributed by atoms with van der Waals surface area (Å²) in [7, 11) is 0. The van der Waals surface area contributed by atoms with E-state index in [0.717, 1.165) is 6.42 Å². The molecule has 0 aromatic carbocycles. The maximum atomic E-state index is 8.91. The standard InChI is InChI=1S/C10H13N5/c1-3-7(2)6-15-9(5-12)8(4-11)14-10(15)13/h7H,3,6H2,1-2H3,(H2,13,14). The largest absolute Gasteiger partial charge is 0.369 e. The average Bonchev–Trinajstić information content (AvgIpc) is 2.55. The number of anilines is 1. The molecule has 0 saturated heterocycles. The summed E-state index contributed by atoms with van der Waals surface area (Å²) < 4.78 is 1.60. The van der Waals surface area contributed by atoms with Gasteiger partial charge in [-0.15, -0.1) is 0 Å². The summed E-state index contributed by atoms with van der Waals surface area (Å²) in [5.41, 5.74) is 6.02. The van der Waals surface area contributed by atoms with E-state index in [9.17, 15) is 0 Å². The van der Waals surface area contributed by atoms with Gasteiger partial charge in [-0.2, -0.15) is 10.5 Å². The maximum Gasteiger partial charge on any atom is 0.202 e. The fraction of sp³-hybridized carbons (Fsp3) is 0.500. The highest BCUT2D eigenvalue weighted by atomic mass is 15.2. The number of imidazole rings is 1. The molecule has 0 aliphatic heterocycles. The molecule has 1 aromatic heterocycles. The van der Waals surface area contributed by atoms with Crippen LogP contribution in [-0.4, -0.2) is 9.55 Å². The Morgan fingerprint density at radius 2 is 2.13 bits per heavy atom. The molecule has 1 atom stereocenters. The lowest BCUT2D eigenvalue weighted by Gasteiger charge is -2.11. The van der Waals surface area contributed by atoms with E-state index >= 15 is 0 Å². The molecule has 5 heteroatoms. The van der Waals surface area contributed by atoms with Gasteiger partial charge in [0.25, 0.3) is 0 Å². The highest BCUT2D eigenvalue weighted by Crippen LogP contribution is 2.15. The summed E-state index contributed by atoms with van der Waals surface area (Å²) in [6.45, 7) is 4.75. The van der Waals surface area contributed by atoms with E-state index in [-0.39, 0.29) is 17.3 Å². The van der Waals surface area contributed by atoms with Crippen LogP contribution in [0.25, 0.3) is 0 Å². The van der Waals surface area contributed by atoms with Crippen molar-refractivity contribution in [1.82, 2.24) is 9.55 Å². The van der Waals surface area contributed by atoms with Gasteiger partial charge < -0.3 is 10.3 Å². The molecule has 5 nitrogen and oxygen atoms in total. The topological polar surface area (TPSA) is 91.4 Å². The van der Waals surface area contributed by atoms with Crippen LogP contribution < -0.4 is 5.73 Å². The third-order valence-electron chi connectivity index (χ3n) is 2.40. The van der Waals surface area contributed by atoms with Crippen molar-refractivity contribution in [1.29, 1.82) is 10.5 Å². The van der Waals surface area contributed by atoms with E-state index in [1.165, 1.54) is 0 Å². The van der Waals surface area contributed by atoms with E-state index < -0.39 is 0 Å². The molecule has 0 radical (unpaired) electrons. The zero-order valence-corrected chi connectivity index (χ0v) is 8.86. The number of aromatic nitrogens is 2. The molecule has 78 valence electrons. The number of nitrogens with two attached hydrogens (primary N) is 1. The molecule has 0 saturated carbocycles. The number of hydrogen-bond donors (Lipinski definition) is 1. The fourth-order valence-corrected chi connectivity index (χ4v) is 1.29. The molecular weight excluding hydrogens is 190 g/mol. The molecular formula is C10H13N5. The molecule has 0 aliphatic carbocycles. The second-order valence-electron chi connectivity index (χ2n) is 3.51. The maximum absolute atomic E-state index is 8.91. The number of nitrogen functional groups attached to an aromatic ring is 1. The molecule has 1 unspecified atom stereocenters. The first-order valence-electron chi connectivity index (χ1n) is 4.80. The number of nitrogens with zero attached hydrogens (tertiary/aromatic N) is 4. The minimum atomic E-state index is 0.110. The van der Waals surface area contributed by atoms with Gasteiger partial charge in [0.1, 0.15) is 12.1 Å². The van der Waals surface area contributed by atoms with Crippen molar-refractivity contribution in [3.05, 3.63) is 11.4 Å². The van der Waals surface area contributed by atoms with Crippen molar-refractivity contribution in [2.45, 2.75) is 26.8 Å². The van der Waals surface area contributed by atoms with Crippen LogP contribution in [0.15, 0.2) is 0 Å². The summed E-state index contributed by atoms with van der Waals surface area (Å²) in [5, 5.41) is 17.7. The van der Waals surface area contributed by atoms with Crippen molar-refractivity contribution in [2.24, 2.45) is 5.92 Å². The van der Waals surface area contributed by atoms with Gasteiger partial charge in [-0.3, -0.25) is 0 Å². The zero-order chi connectivity index (χ0) is 11.4. The van der Waals surface area contributed by atoms with Crippen LogP contribution in [-0.2, 0) is 6.54 Å². The number of rotatable bonds is 3. The van der Waals surface area contributed by atoms with Crippen LogP contribution in [0.3, 0.4) is 0 Å². The van der Waals surface area contributed by atoms with Crippen molar-refractivity contribution >= 4 is 5.95 Å². The van der Waals surface area contributed by atoms with Crippen molar-refractivity contribution in [2.75, 3.05) is 5.73 Å². The highest BCUT2D eigenvalue weighted by Gasteiger charge is 2.15. The van der Waals surface area contributed by atoms with E-state index in [2.05, 4.69) is 18.8 Å². The zero-order valence-electron chi connectivity index (χ0n) is 8.86. The summed E-state index contributed by atoms with van der Waals surface area (Å²) >= 11 is 0. The summed E-state index contributed by atoms with van der Waals surface area (Å²) in [6.07, 6.45) is 0.990. The molecule has 15 heavy (non-hydrogen) atoms. The second-order valence-corrected chi connectivity index (χ2v) is 3.51. The van der Waals surface area contributed by atoms with Gasteiger partial charge in [0.2, 0.25) is 5.95 Å². The quantitative estimate of drug-likeness (QED) is 0.800. The Balaban J connectivity index is 3.13. The monoisotopic (exact) mass is 203 g/mol. The normalized spacial score (nSPS) is 11.7. The third-order valence-corrected chi connectivity index (χ3v) is 2.40. The Hall–Kier alpha value is -2.01. The molecule has 0 bridgehead atoms. The molecule has 2 N–H and O–H groups in total. The minimum Gasteiger partial charge on any atom is -0.369 e. The van der Waals surface area contributed by atoms with E-state index in [0.29, 0.717) is 12.5 Å². The summed E-state index contributed by atoms with van der Waals surface area (Å²) in [5.74, 6) is 0.642. The Labute approximate surface area is 88.7 Å². The van der Waals surface area contributed by atoms with E-state index in [4.69, 9.17) is 16.3 Å². The third kappa shape index (κ3) is 2.08. The van der Waals surface area contributed by atoms with Crippen LogP contribution >= 0.6 is 0 Å². The first-order valence-corrected chi connectivity index (χ1v) is 4.80. The lowest BCUT2D eigenvalue weighted by atomic mass is 10.1. The van der Waals surface area contributed by atoms with Crippen LogP contribution in [0, 0.1) is 28.6 Å². The molecule has 0 spiro atoms. The fourth-order valence-electron chi connectivity index (χ4n) is 1.29. The average molecular weight is 203 g/mol. The van der Waals surface area contributed by atoms with Gasteiger partial charge >= 0.3 is 0 Å². The number of nitriles is 2. The van der Waals surface area contributed by atoms with Crippen molar-refractivity contribution in [3.63, 3.8) is 0 Å². The summed E-state index contributed by atoms with van der Waals surface area (Å²) in [4.78, 5) is 3.84. The Morgan fingerprint density at radius 3 is 2.60 bits per heavy atom. The van der Waals surface area contributed by atoms with Gasteiger partial charge in [0, 0.05) is 6.54 Å². The van der Waals surface area contributed by atoms with Gasteiger partial charge in [-0.1, -0.05) is 20.3 Å². The summed E-state index contributed by atoms with van der Waals surface area (Å²) in [6, 6.07) is 3.83. The minimum absolute atomic E-state index is 0.110. The smallest absolute Gasteiger partial charge is 0.202 e. The second kappa shape index (κ2) is 4.47. The molecule has 1 aromatic rings.